The number of rotatable bonds is 4. The summed E-state index contributed by atoms with van der Waals surface area (Å²) >= 11 is 3.36. The summed E-state index contributed by atoms with van der Waals surface area (Å²) in [7, 11) is 0. The molecule has 4 nitrogen and oxygen atoms in total. The molecule has 0 atom stereocenters. The number of carbonyl (C=O) groups excluding carboxylic acids is 1. The standard InChI is InChI=1S/C18H14BrN3O/c1-2-10-22-16-9-4-3-8-15(16)21-17(22)12-20-18(23)13-6-5-7-14(19)11-13/h1,3-9,11H,10,12H2,(H,20,23). The molecule has 0 aliphatic heterocycles. The molecule has 3 rings (SSSR count). The van der Waals surface area contributed by atoms with Crippen molar-refractivity contribution >= 4 is 32.9 Å². The van der Waals surface area contributed by atoms with Gasteiger partial charge in [-0.3, -0.25) is 4.79 Å². The zero-order valence-electron chi connectivity index (χ0n) is 12.3. The molecule has 2 aromatic carbocycles. The van der Waals surface area contributed by atoms with E-state index in [-0.39, 0.29) is 5.91 Å². The highest BCUT2D eigenvalue weighted by atomic mass is 79.9. The van der Waals surface area contributed by atoms with Crippen LogP contribution in [0.2, 0.25) is 0 Å². The first-order chi connectivity index (χ1) is 11.2. The molecule has 0 saturated carbocycles. The number of terminal acetylenes is 1. The summed E-state index contributed by atoms with van der Waals surface area (Å²) < 4.78 is 2.81. The van der Waals surface area contributed by atoms with Gasteiger partial charge in [-0.2, -0.15) is 0 Å². The number of hydrogen-bond acceptors (Lipinski definition) is 2. The molecule has 0 radical (unpaired) electrons. The Kier molecular flexibility index (Phi) is 4.45. The Morgan fingerprint density at radius 1 is 1.26 bits per heavy atom. The van der Waals surface area contributed by atoms with Gasteiger partial charge in [-0.05, 0) is 30.3 Å². The summed E-state index contributed by atoms with van der Waals surface area (Å²) in [5.74, 6) is 3.23. The summed E-state index contributed by atoms with van der Waals surface area (Å²) in [6, 6.07) is 15.0. The molecular formula is C18H14BrN3O. The van der Waals surface area contributed by atoms with Crippen molar-refractivity contribution in [3.8, 4) is 12.3 Å². The smallest absolute Gasteiger partial charge is 0.251 e. The van der Waals surface area contributed by atoms with Gasteiger partial charge >= 0.3 is 0 Å². The highest BCUT2D eigenvalue weighted by molar-refractivity contribution is 9.10. The van der Waals surface area contributed by atoms with Crippen LogP contribution in [-0.2, 0) is 13.1 Å². The van der Waals surface area contributed by atoms with Crippen molar-refractivity contribution in [3.63, 3.8) is 0 Å². The van der Waals surface area contributed by atoms with E-state index in [9.17, 15) is 4.79 Å². The number of imidazole rings is 1. The lowest BCUT2D eigenvalue weighted by atomic mass is 10.2. The fourth-order valence-corrected chi connectivity index (χ4v) is 2.82. The molecule has 0 aliphatic carbocycles. The number of nitrogens with zero attached hydrogens (tertiary/aromatic N) is 2. The maximum Gasteiger partial charge on any atom is 0.251 e. The van der Waals surface area contributed by atoms with E-state index in [4.69, 9.17) is 6.42 Å². The van der Waals surface area contributed by atoms with Gasteiger partial charge in [0, 0.05) is 10.0 Å². The monoisotopic (exact) mass is 367 g/mol. The van der Waals surface area contributed by atoms with Crippen molar-refractivity contribution < 1.29 is 4.79 Å². The number of para-hydroxylation sites is 2. The van der Waals surface area contributed by atoms with Crippen LogP contribution in [0.1, 0.15) is 16.2 Å². The van der Waals surface area contributed by atoms with Crippen LogP contribution in [-0.4, -0.2) is 15.5 Å². The first-order valence-corrected chi connectivity index (χ1v) is 7.89. The van der Waals surface area contributed by atoms with Gasteiger partial charge in [0.2, 0.25) is 0 Å². The van der Waals surface area contributed by atoms with Gasteiger partial charge in [-0.25, -0.2) is 4.98 Å². The maximum absolute atomic E-state index is 12.2. The lowest BCUT2D eigenvalue weighted by Crippen LogP contribution is -2.24. The van der Waals surface area contributed by atoms with Crippen LogP contribution in [0.3, 0.4) is 0 Å². The van der Waals surface area contributed by atoms with Crippen molar-refractivity contribution in [1.29, 1.82) is 0 Å². The van der Waals surface area contributed by atoms with Crippen LogP contribution in [0, 0.1) is 12.3 Å². The third-order valence-electron chi connectivity index (χ3n) is 3.48. The average Bonchev–Trinajstić information content (AvgIpc) is 2.91. The number of carbonyl (C=O) groups is 1. The quantitative estimate of drug-likeness (QED) is 0.718. The van der Waals surface area contributed by atoms with E-state index in [1.165, 1.54) is 0 Å². The summed E-state index contributed by atoms with van der Waals surface area (Å²) in [5, 5.41) is 2.89. The Hall–Kier alpha value is -2.58. The highest BCUT2D eigenvalue weighted by Crippen LogP contribution is 2.16. The second kappa shape index (κ2) is 6.67. The molecule has 0 bridgehead atoms. The summed E-state index contributed by atoms with van der Waals surface area (Å²) in [4.78, 5) is 16.8. The summed E-state index contributed by atoms with van der Waals surface area (Å²) in [6.07, 6.45) is 5.45. The molecule has 5 heteroatoms. The van der Waals surface area contributed by atoms with Crippen LogP contribution in [0.5, 0.6) is 0 Å². The first-order valence-electron chi connectivity index (χ1n) is 7.10. The van der Waals surface area contributed by atoms with Gasteiger partial charge in [0.25, 0.3) is 5.91 Å². The van der Waals surface area contributed by atoms with Gasteiger partial charge in [0.1, 0.15) is 5.82 Å². The highest BCUT2D eigenvalue weighted by Gasteiger charge is 2.11. The minimum absolute atomic E-state index is 0.148. The molecular weight excluding hydrogens is 354 g/mol. The third-order valence-corrected chi connectivity index (χ3v) is 3.97. The minimum atomic E-state index is -0.148. The lowest BCUT2D eigenvalue weighted by Gasteiger charge is -2.07. The molecule has 1 aromatic heterocycles. The van der Waals surface area contributed by atoms with Crippen LogP contribution < -0.4 is 5.32 Å². The minimum Gasteiger partial charge on any atom is -0.345 e. The van der Waals surface area contributed by atoms with Gasteiger partial charge < -0.3 is 9.88 Å². The van der Waals surface area contributed by atoms with Gasteiger partial charge in [0.15, 0.2) is 0 Å². The summed E-state index contributed by atoms with van der Waals surface area (Å²) in [5.41, 5.74) is 2.44. The molecule has 0 unspecified atom stereocenters. The Morgan fingerprint density at radius 2 is 2.09 bits per heavy atom. The van der Waals surface area contributed by atoms with Crippen molar-refractivity contribution in [3.05, 3.63) is 64.4 Å². The number of aromatic nitrogens is 2. The van der Waals surface area contributed by atoms with Crippen LogP contribution in [0.15, 0.2) is 53.0 Å². The van der Waals surface area contributed by atoms with Crippen molar-refractivity contribution in [1.82, 2.24) is 14.9 Å². The molecule has 0 fully saturated rings. The maximum atomic E-state index is 12.2. The Bertz CT molecular complexity index is 908. The topological polar surface area (TPSA) is 46.9 Å². The molecule has 3 aromatic rings. The van der Waals surface area contributed by atoms with E-state index in [1.807, 2.05) is 41.0 Å². The normalized spacial score (nSPS) is 10.4. The molecule has 23 heavy (non-hydrogen) atoms. The molecule has 0 spiro atoms. The molecule has 1 heterocycles. The van der Waals surface area contributed by atoms with Crippen molar-refractivity contribution in [2.45, 2.75) is 13.1 Å². The number of nitrogens with one attached hydrogen (secondary N) is 1. The fraction of sp³-hybridized carbons (Fsp3) is 0.111. The van der Waals surface area contributed by atoms with Crippen LogP contribution in [0.4, 0.5) is 0 Å². The van der Waals surface area contributed by atoms with E-state index in [1.54, 1.807) is 12.1 Å². The predicted octanol–water partition coefficient (Wildman–Crippen LogP) is 3.36. The Morgan fingerprint density at radius 3 is 2.87 bits per heavy atom. The number of halogens is 1. The molecule has 1 amide bonds. The number of fused-ring (bicyclic) bond motifs is 1. The largest absolute Gasteiger partial charge is 0.345 e. The van der Waals surface area contributed by atoms with E-state index in [0.717, 1.165) is 21.3 Å². The SMILES string of the molecule is C#CCn1c(CNC(=O)c2cccc(Br)c2)nc2ccccc21. The number of amides is 1. The molecule has 114 valence electrons. The Balaban J connectivity index is 1.83. The lowest BCUT2D eigenvalue weighted by molar-refractivity contribution is 0.0949. The second-order valence-corrected chi connectivity index (χ2v) is 5.92. The zero-order chi connectivity index (χ0) is 16.2. The first kappa shape index (κ1) is 15.3. The van der Waals surface area contributed by atoms with Gasteiger partial charge in [-0.15, -0.1) is 6.42 Å². The average molecular weight is 368 g/mol. The number of hydrogen-bond donors (Lipinski definition) is 1. The van der Waals surface area contributed by atoms with E-state index >= 15 is 0 Å². The van der Waals surface area contributed by atoms with E-state index in [0.29, 0.717) is 18.7 Å². The van der Waals surface area contributed by atoms with E-state index in [2.05, 4.69) is 32.2 Å². The Labute approximate surface area is 142 Å². The fourth-order valence-electron chi connectivity index (χ4n) is 2.42. The molecule has 0 aliphatic rings. The van der Waals surface area contributed by atoms with Gasteiger partial charge in [-0.1, -0.05) is 40.0 Å². The zero-order valence-corrected chi connectivity index (χ0v) is 13.9. The second-order valence-electron chi connectivity index (χ2n) is 5.00. The van der Waals surface area contributed by atoms with Crippen molar-refractivity contribution in [2.75, 3.05) is 0 Å². The van der Waals surface area contributed by atoms with Crippen LogP contribution >= 0.6 is 15.9 Å². The molecule has 0 saturated heterocycles. The van der Waals surface area contributed by atoms with Crippen LogP contribution in [0.25, 0.3) is 11.0 Å². The van der Waals surface area contributed by atoms with Gasteiger partial charge in [0.05, 0.1) is 24.1 Å². The predicted molar refractivity (Wildman–Crippen MR) is 93.9 cm³/mol. The van der Waals surface area contributed by atoms with Crippen molar-refractivity contribution in [2.24, 2.45) is 0 Å². The van der Waals surface area contributed by atoms with E-state index < -0.39 is 0 Å². The third kappa shape index (κ3) is 3.27. The number of benzene rings is 2. The summed E-state index contributed by atoms with van der Waals surface area (Å²) in [6.45, 7) is 0.740. The molecule has 1 N–H and O–H groups in total.